The quantitative estimate of drug-likeness (QED) is 0.866. The molecular formula is C10H14BrFN2O2S. The van der Waals surface area contributed by atoms with Gasteiger partial charge < -0.3 is 5.73 Å². The smallest absolute Gasteiger partial charge is 0.243 e. The number of nitrogens with one attached hydrogen (secondary N) is 1. The van der Waals surface area contributed by atoms with Crippen molar-refractivity contribution >= 4 is 26.0 Å². The Hall–Kier alpha value is -0.500. The minimum absolute atomic E-state index is 0.0540. The number of nitrogens with two attached hydrogens (primary N) is 1. The van der Waals surface area contributed by atoms with Crippen molar-refractivity contribution in [1.82, 2.24) is 4.72 Å². The van der Waals surface area contributed by atoms with Gasteiger partial charge in [-0.2, -0.15) is 0 Å². The fraction of sp³-hybridized carbons (Fsp3) is 0.400. The van der Waals surface area contributed by atoms with Crippen LogP contribution in [0.15, 0.2) is 21.5 Å². The molecular weight excluding hydrogens is 311 g/mol. The molecule has 0 unspecified atom stereocenters. The highest BCUT2D eigenvalue weighted by atomic mass is 79.9. The average molecular weight is 325 g/mol. The number of halogens is 2. The zero-order chi connectivity index (χ0) is 13.1. The Morgan fingerprint density at radius 2 is 2.12 bits per heavy atom. The van der Waals surface area contributed by atoms with Crippen LogP contribution in [0.3, 0.4) is 0 Å². The molecule has 4 nitrogen and oxygen atoms in total. The maximum atomic E-state index is 13.9. The number of sulfonamides is 1. The van der Waals surface area contributed by atoms with E-state index in [4.69, 9.17) is 5.73 Å². The third-order valence-electron chi connectivity index (χ3n) is 2.13. The summed E-state index contributed by atoms with van der Waals surface area (Å²) in [5, 5.41) is 0. The lowest BCUT2D eigenvalue weighted by Gasteiger charge is -2.10. The lowest BCUT2D eigenvalue weighted by Crippen LogP contribution is -2.25. The van der Waals surface area contributed by atoms with Gasteiger partial charge in [0.15, 0.2) is 0 Å². The number of benzene rings is 1. The summed E-state index contributed by atoms with van der Waals surface area (Å²) in [5.41, 5.74) is 5.52. The van der Waals surface area contributed by atoms with Crippen molar-refractivity contribution in [3.05, 3.63) is 28.0 Å². The summed E-state index contributed by atoms with van der Waals surface area (Å²) >= 11 is 3.13. The van der Waals surface area contributed by atoms with E-state index in [2.05, 4.69) is 20.7 Å². The second kappa shape index (κ2) is 5.90. The SMILES string of the molecule is CCCNS(=O)(=O)c1cc(Br)cc(CN)c1F. The minimum Gasteiger partial charge on any atom is -0.326 e. The molecule has 0 heterocycles. The van der Waals surface area contributed by atoms with Crippen LogP contribution in [0, 0.1) is 5.82 Å². The van der Waals surface area contributed by atoms with Crippen LogP contribution in [-0.4, -0.2) is 15.0 Å². The summed E-state index contributed by atoms with van der Waals surface area (Å²) in [6, 6.07) is 2.70. The Morgan fingerprint density at radius 3 is 2.65 bits per heavy atom. The number of hydrogen-bond donors (Lipinski definition) is 2. The highest BCUT2D eigenvalue weighted by Gasteiger charge is 2.21. The second-order valence-corrected chi connectivity index (χ2v) is 6.13. The molecule has 0 aromatic heterocycles. The van der Waals surface area contributed by atoms with Gasteiger partial charge in [0.2, 0.25) is 10.0 Å². The molecule has 7 heteroatoms. The lowest BCUT2D eigenvalue weighted by atomic mass is 10.2. The second-order valence-electron chi connectivity index (χ2n) is 3.48. The van der Waals surface area contributed by atoms with Gasteiger partial charge in [-0.05, 0) is 18.6 Å². The summed E-state index contributed by atoms with van der Waals surface area (Å²) in [6.45, 7) is 2.04. The van der Waals surface area contributed by atoms with Crippen LogP contribution in [0.4, 0.5) is 4.39 Å². The molecule has 1 aromatic rings. The van der Waals surface area contributed by atoms with Crippen LogP contribution in [-0.2, 0) is 16.6 Å². The Labute approximate surface area is 109 Å². The standard InChI is InChI=1S/C10H14BrFN2O2S/c1-2-3-14-17(15,16)9-5-8(11)4-7(6-13)10(9)12/h4-5,14H,2-3,6,13H2,1H3. The van der Waals surface area contributed by atoms with Crippen LogP contribution in [0.1, 0.15) is 18.9 Å². The molecule has 96 valence electrons. The zero-order valence-corrected chi connectivity index (χ0v) is 11.7. The van der Waals surface area contributed by atoms with E-state index in [9.17, 15) is 12.8 Å². The van der Waals surface area contributed by atoms with Crippen LogP contribution in [0.25, 0.3) is 0 Å². The molecule has 0 saturated carbocycles. The Kier molecular flexibility index (Phi) is 5.05. The van der Waals surface area contributed by atoms with Crippen LogP contribution in [0.2, 0.25) is 0 Å². The van der Waals surface area contributed by atoms with Crippen molar-refractivity contribution in [2.24, 2.45) is 5.73 Å². The van der Waals surface area contributed by atoms with E-state index < -0.39 is 15.8 Å². The first kappa shape index (κ1) is 14.6. The van der Waals surface area contributed by atoms with Gasteiger partial charge in [-0.15, -0.1) is 0 Å². The van der Waals surface area contributed by atoms with Crippen molar-refractivity contribution in [3.8, 4) is 0 Å². The predicted octanol–water partition coefficient (Wildman–Crippen LogP) is 1.74. The van der Waals surface area contributed by atoms with E-state index in [-0.39, 0.29) is 23.5 Å². The molecule has 0 aliphatic heterocycles. The topological polar surface area (TPSA) is 72.2 Å². The molecule has 1 aromatic carbocycles. The number of hydrogen-bond acceptors (Lipinski definition) is 3. The van der Waals surface area contributed by atoms with Gasteiger partial charge in [0, 0.05) is 23.1 Å². The summed E-state index contributed by atoms with van der Waals surface area (Å²) in [5.74, 6) is -0.792. The van der Waals surface area contributed by atoms with Crippen molar-refractivity contribution in [2.45, 2.75) is 24.8 Å². The first-order valence-corrected chi connectivity index (χ1v) is 7.37. The zero-order valence-electron chi connectivity index (χ0n) is 9.33. The largest absolute Gasteiger partial charge is 0.326 e. The van der Waals surface area contributed by atoms with Crippen molar-refractivity contribution in [2.75, 3.05) is 6.54 Å². The average Bonchev–Trinajstić information content (AvgIpc) is 2.29. The molecule has 0 aliphatic rings. The third kappa shape index (κ3) is 3.48. The van der Waals surface area contributed by atoms with E-state index in [0.29, 0.717) is 10.9 Å². The van der Waals surface area contributed by atoms with E-state index in [1.165, 1.54) is 12.1 Å². The molecule has 0 spiro atoms. The fourth-order valence-corrected chi connectivity index (χ4v) is 3.21. The van der Waals surface area contributed by atoms with Crippen LogP contribution in [0.5, 0.6) is 0 Å². The molecule has 1 rings (SSSR count). The van der Waals surface area contributed by atoms with Crippen molar-refractivity contribution in [1.29, 1.82) is 0 Å². The van der Waals surface area contributed by atoms with E-state index in [1.54, 1.807) is 0 Å². The summed E-state index contributed by atoms with van der Waals surface area (Å²) < 4.78 is 40.3. The van der Waals surface area contributed by atoms with Gasteiger partial charge in [-0.25, -0.2) is 17.5 Å². The summed E-state index contributed by atoms with van der Waals surface area (Å²) in [7, 11) is -3.82. The van der Waals surface area contributed by atoms with E-state index in [1.807, 2.05) is 6.92 Å². The van der Waals surface area contributed by atoms with E-state index in [0.717, 1.165) is 0 Å². The van der Waals surface area contributed by atoms with E-state index >= 15 is 0 Å². The summed E-state index contributed by atoms with van der Waals surface area (Å²) in [6.07, 6.45) is 0.637. The van der Waals surface area contributed by atoms with Gasteiger partial charge in [0.1, 0.15) is 10.7 Å². The normalized spacial score (nSPS) is 11.8. The van der Waals surface area contributed by atoms with Crippen molar-refractivity contribution < 1.29 is 12.8 Å². The van der Waals surface area contributed by atoms with Crippen LogP contribution < -0.4 is 10.5 Å². The lowest BCUT2D eigenvalue weighted by molar-refractivity contribution is 0.549. The van der Waals surface area contributed by atoms with Gasteiger partial charge in [0.25, 0.3) is 0 Å². The Bertz CT molecular complexity index is 505. The van der Waals surface area contributed by atoms with Gasteiger partial charge in [-0.1, -0.05) is 22.9 Å². The fourth-order valence-electron chi connectivity index (χ4n) is 1.28. The third-order valence-corrected chi connectivity index (χ3v) is 4.05. The molecule has 17 heavy (non-hydrogen) atoms. The molecule has 0 fully saturated rings. The van der Waals surface area contributed by atoms with Crippen LogP contribution >= 0.6 is 15.9 Å². The minimum atomic E-state index is -3.82. The molecule has 0 radical (unpaired) electrons. The maximum Gasteiger partial charge on any atom is 0.243 e. The molecule has 0 bridgehead atoms. The monoisotopic (exact) mass is 324 g/mol. The summed E-state index contributed by atoms with van der Waals surface area (Å²) in [4.78, 5) is -0.374. The van der Waals surface area contributed by atoms with Gasteiger partial charge in [0.05, 0.1) is 0 Å². The first-order chi connectivity index (χ1) is 7.92. The molecule has 3 N–H and O–H groups in total. The van der Waals surface area contributed by atoms with Gasteiger partial charge >= 0.3 is 0 Å². The Morgan fingerprint density at radius 1 is 1.47 bits per heavy atom. The first-order valence-electron chi connectivity index (χ1n) is 5.10. The molecule has 0 atom stereocenters. The molecule has 0 amide bonds. The maximum absolute atomic E-state index is 13.9. The molecule has 0 saturated heterocycles. The predicted molar refractivity (Wildman–Crippen MR) is 67.5 cm³/mol. The van der Waals surface area contributed by atoms with Gasteiger partial charge in [-0.3, -0.25) is 0 Å². The number of rotatable bonds is 5. The Balaban J connectivity index is 3.26. The van der Waals surface area contributed by atoms with Crippen molar-refractivity contribution in [3.63, 3.8) is 0 Å². The molecule has 0 aliphatic carbocycles. The highest BCUT2D eigenvalue weighted by molar-refractivity contribution is 9.10. The highest BCUT2D eigenvalue weighted by Crippen LogP contribution is 2.23.